The zero-order chi connectivity index (χ0) is 19.0. The maximum Gasteiger partial charge on any atom is 0.358 e. The molecular formula is C13H9Cl3N2O6S. The highest BCUT2D eigenvalue weighted by atomic mass is 35.5. The van der Waals surface area contributed by atoms with Crippen molar-refractivity contribution < 1.29 is 22.4 Å². The average molecular weight is 428 g/mol. The molecule has 0 radical (unpaired) electrons. The Bertz CT molecular complexity index is 893. The molecule has 0 heterocycles. The van der Waals surface area contributed by atoms with Gasteiger partial charge in [0.2, 0.25) is 4.33 Å². The van der Waals surface area contributed by atoms with Crippen molar-refractivity contribution in [1.29, 1.82) is 0 Å². The second-order valence-corrected chi connectivity index (χ2v) is 8.28. The molecule has 0 N–H and O–H groups in total. The molecule has 1 atom stereocenters. The third-order valence-electron chi connectivity index (χ3n) is 3.21. The maximum atomic E-state index is 12.1. The molecular weight excluding hydrogens is 419 g/mol. The Kier molecular flexibility index (Phi) is 5.43. The van der Waals surface area contributed by atoms with Crippen LogP contribution in [0.3, 0.4) is 0 Å². The number of ketones is 1. The van der Waals surface area contributed by atoms with Crippen molar-refractivity contribution in [3.63, 3.8) is 0 Å². The fraction of sp³-hybridized carbons (Fsp3) is 0.231. The summed E-state index contributed by atoms with van der Waals surface area (Å²) in [4.78, 5) is 21.2. The predicted octanol–water partition coefficient (Wildman–Crippen LogP) is 2.97. The molecule has 0 aliphatic heterocycles. The van der Waals surface area contributed by atoms with E-state index in [0.717, 1.165) is 30.3 Å². The lowest BCUT2D eigenvalue weighted by atomic mass is 9.96. The lowest BCUT2D eigenvalue weighted by molar-refractivity contribution is -0.384. The Balaban J connectivity index is 2.32. The van der Waals surface area contributed by atoms with Gasteiger partial charge in [0, 0.05) is 12.1 Å². The van der Waals surface area contributed by atoms with Gasteiger partial charge in [0.25, 0.3) is 5.69 Å². The third kappa shape index (κ3) is 3.95. The van der Waals surface area contributed by atoms with Crippen molar-refractivity contribution in [2.75, 3.05) is 0 Å². The second kappa shape index (κ2) is 6.91. The number of nitro benzene ring substituents is 1. The lowest BCUT2D eigenvalue weighted by Crippen LogP contribution is -2.44. The van der Waals surface area contributed by atoms with Gasteiger partial charge in [-0.3, -0.25) is 19.2 Å². The van der Waals surface area contributed by atoms with Crippen molar-refractivity contribution in [2.45, 2.75) is 21.5 Å². The molecule has 1 aromatic rings. The SMILES string of the molecule is CC1=CC(=O)C(Cl)(Cl)C(Cl)/C1=N\OS(=O)(=O)c1ccc([N+](=O)[O-])cc1. The van der Waals surface area contributed by atoms with Gasteiger partial charge in [-0.05, 0) is 30.7 Å². The number of rotatable bonds is 4. The normalized spacial score (nSPS) is 21.8. The van der Waals surface area contributed by atoms with Crippen LogP contribution in [0.4, 0.5) is 5.69 Å². The molecule has 0 spiro atoms. The van der Waals surface area contributed by atoms with Crippen LogP contribution in [0, 0.1) is 10.1 Å². The van der Waals surface area contributed by atoms with E-state index in [2.05, 4.69) is 9.44 Å². The number of alkyl halides is 3. The summed E-state index contributed by atoms with van der Waals surface area (Å²) in [7, 11) is -4.37. The molecule has 0 saturated heterocycles. The highest BCUT2D eigenvalue weighted by molar-refractivity contribution is 7.86. The number of carbonyl (C=O) groups excluding carboxylic acids is 1. The molecule has 1 aliphatic carbocycles. The minimum absolute atomic E-state index is 0.128. The van der Waals surface area contributed by atoms with E-state index in [1.54, 1.807) is 0 Å². The first-order chi connectivity index (χ1) is 11.5. The topological polar surface area (TPSA) is 116 Å². The van der Waals surface area contributed by atoms with E-state index in [4.69, 9.17) is 34.8 Å². The van der Waals surface area contributed by atoms with Crippen LogP contribution >= 0.6 is 34.8 Å². The molecule has 2 rings (SSSR count). The van der Waals surface area contributed by atoms with Crippen LogP contribution in [0.5, 0.6) is 0 Å². The number of hydrogen-bond donors (Lipinski definition) is 0. The minimum Gasteiger partial charge on any atom is -0.291 e. The fourth-order valence-corrected chi connectivity index (χ4v) is 3.22. The molecule has 0 saturated carbocycles. The number of oxime groups is 1. The van der Waals surface area contributed by atoms with Gasteiger partial charge in [-0.25, -0.2) is 0 Å². The van der Waals surface area contributed by atoms with Gasteiger partial charge >= 0.3 is 10.1 Å². The summed E-state index contributed by atoms with van der Waals surface area (Å²) in [5, 5.41) is 12.7. The van der Waals surface area contributed by atoms with Crippen molar-refractivity contribution in [1.82, 2.24) is 0 Å². The highest BCUT2D eigenvalue weighted by Gasteiger charge is 2.47. The average Bonchev–Trinajstić information content (AvgIpc) is 2.53. The molecule has 0 fully saturated rings. The number of halogens is 3. The Morgan fingerprint density at radius 2 is 1.84 bits per heavy atom. The van der Waals surface area contributed by atoms with E-state index in [9.17, 15) is 23.3 Å². The molecule has 1 aliphatic rings. The smallest absolute Gasteiger partial charge is 0.291 e. The van der Waals surface area contributed by atoms with Crippen LogP contribution in [0.2, 0.25) is 0 Å². The quantitative estimate of drug-likeness (QED) is 0.414. The Labute approximate surface area is 157 Å². The third-order valence-corrected chi connectivity index (χ3v) is 5.90. The van der Waals surface area contributed by atoms with E-state index >= 15 is 0 Å². The van der Waals surface area contributed by atoms with Crippen LogP contribution in [-0.4, -0.2) is 34.5 Å². The van der Waals surface area contributed by atoms with Gasteiger partial charge in [0.15, 0.2) is 5.78 Å². The van der Waals surface area contributed by atoms with Gasteiger partial charge in [-0.2, -0.15) is 8.42 Å². The molecule has 134 valence electrons. The highest BCUT2D eigenvalue weighted by Crippen LogP contribution is 2.37. The van der Waals surface area contributed by atoms with E-state index in [0.29, 0.717) is 0 Å². The number of hydrogen-bond acceptors (Lipinski definition) is 7. The molecule has 1 unspecified atom stereocenters. The minimum atomic E-state index is -4.37. The molecule has 8 nitrogen and oxygen atoms in total. The zero-order valence-corrected chi connectivity index (χ0v) is 15.4. The van der Waals surface area contributed by atoms with Crippen LogP contribution in [-0.2, 0) is 19.2 Å². The first-order valence-corrected chi connectivity index (χ1v) is 9.08. The molecule has 1 aromatic carbocycles. The van der Waals surface area contributed by atoms with E-state index in [1.165, 1.54) is 6.92 Å². The Morgan fingerprint density at radius 3 is 2.36 bits per heavy atom. The summed E-state index contributed by atoms with van der Waals surface area (Å²) in [5.74, 6) is -0.662. The van der Waals surface area contributed by atoms with E-state index < -0.39 is 30.5 Å². The maximum absolute atomic E-state index is 12.1. The number of nitro groups is 1. The van der Waals surface area contributed by atoms with Gasteiger partial charge < -0.3 is 0 Å². The first-order valence-electron chi connectivity index (χ1n) is 6.48. The monoisotopic (exact) mass is 426 g/mol. The molecule has 0 amide bonds. The van der Waals surface area contributed by atoms with Crippen LogP contribution < -0.4 is 0 Å². The van der Waals surface area contributed by atoms with Gasteiger partial charge in [0.1, 0.15) is 16.0 Å². The molecule has 0 aromatic heterocycles. The number of allylic oxidation sites excluding steroid dienone is 2. The van der Waals surface area contributed by atoms with Crippen molar-refractivity contribution in [3.8, 4) is 0 Å². The van der Waals surface area contributed by atoms with Gasteiger partial charge in [-0.1, -0.05) is 28.4 Å². The Hall–Kier alpha value is -1.68. The fourth-order valence-electron chi connectivity index (χ4n) is 1.85. The largest absolute Gasteiger partial charge is 0.358 e. The molecule has 25 heavy (non-hydrogen) atoms. The molecule has 12 heteroatoms. The number of non-ortho nitro benzene ring substituents is 1. The van der Waals surface area contributed by atoms with Crippen LogP contribution in [0.15, 0.2) is 46.0 Å². The summed E-state index contributed by atoms with van der Waals surface area (Å²) in [6, 6.07) is 3.99. The summed E-state index contributed by atoms with van der Waals surface area (Å²) in [5.41, 5.74) is -0.178. The van der Waals surface area contributed by atoms with Crippen molar-refractivity contribution in [2.24, 2.45) is 5.16 Å². The Morgan fingerprint density at radius 1 is 1.28 bits per heavy atom. The predicted molar refractivity (Wildman–Crippen MR) is 91.6 cm³/mol. The second-order valence-electron chi connectivity index (χ2n) is 4.93. The number of carbonyl (C=O) groups is 1. The van der Waals surface area contributed by atoms with Gasteiger partial charge in [0.05, 0.1) is 4.92 Å². The van der Waals surface area contributed by atoms with E-state index in [1.807, 2.05) is 0 Å². The summed E-state index contributed by atoms with van der Waals surface area (Å²) >= 11 is 17.7. The van der Waals surface area contributed by atoms with Crippen LogP contribution in [0.1, 0.15) is 6.92 Å². The summed E-state index contributed by atoms with van der Waals surface area (Å²) in [6.45, 7) is 1.46. The van der Waals surface area contributed by atoms with Gasteiger partial charge in [-0.15, -0.1) is 11.6 Å². The first kappa shape index (κ1) is 19.6. The van der Waals surface area contributed by atoms with Crippen LogP contribution in [0.25, 0.3) is 0 Å². The number of benzene rings is 1. The van der Waals surface area contributed by atoms with Crippen molar-refractivity contribution in [3.05, 3.63) is 46.0 Å². The van der Waals surface area contributed by atoms with Crippen molar-refractivity contribution >= 4 is 62.1 Å². The summed E-state index contributed by atoms with van der Waals surface area (Å²) < 4.78 is 26.7. The van der Waals surface area contributed by atoms with E-state index in [-0.39, 0.29) is 21.9 Å². The molecule has 0 bridgehead atoms. The lowest BCUT2D eigenvalue weighted by Gasteiger charge is -2.27. The zero-order valence-electron chi connectivity index (χ0n) is 12.4. The summed E-state index contributed by atoms with van der Waals surface area (Å²) in [6.07, 6.45) is 1.07. The standard InChI is InChI=1S/C13H9Cl3N2O6S/c1-7-6-10(19)13(15,16)12(14)11(7)17-24-25(22,23)9-4-2-8(3-5-9)18(20)21/h2-6,12H,1H3/b17-11-. The number of nitrogens with zero attached hydrogens (tertiary/aromatic N) is 2.